The predicted molar refractivity (Wildman–Crippen MR) is 78.4 cm³/mol. The van der Waals surface area contributed by atoms with Gasteiger partial charge < -0.3 is 4.90 Å². The zero-order chi connectivity index (χ0) is 13.0. The summed E-state index contributed by atoms with van der Waals surface area (Å²) >= 11 is 5.97. The number of hydrogen-bond acceptors (Lipinski definition) is 2. The minimum absolute atomic E-state index is 0.578. The lowest BCUT2D eigenvalue weighted by Crippen LogP contribution is -2.21. The Morgan fingerprint density at radius 1 is 1.39 bits per heavy atom. The Morgan fingerprint density at radius 3 is 2.89 bits per heavy atom. The van der Waals surface area contributed by atoms with Crippen LogP contribution in [0.1, 0.15) is 44.4 Å². The molecule has 1 aliphatic rings. The van der Waals surface area contributed by atoms with Gasteiger partial charge in [-0.3, -0.25) is 0 Å². The number of nitrogens with zero attached hydrogens (tertiary/aromatic N) is 2. The standard InChI is InChI=1S/C15H23ClN2/c1-3-5-12-6-7-18(11-12)15-9-13(10-16)8-14(4-2)17-15/h8-9,12H,3-7,10-11H2,1-2H3. The molecule has 2 heterocycles. The number of aryl methyl sites for hydroxylation is 1. The molecule has 0 aromatic carbocycles. The number of halogens is 1. The smallest absolute Gasteiger partial charge is 0.129 e. The summed E-state index contributed by atoms with van der Waals surface area (Å²) in [6.07, 6.45) is 4.91. The molecule has 1 aromatic heterocycles. The normalized spacial score (nSPS) is 19.5. The second-order valence-corrected chi connectivity index (χ2v) is 5.47. The average molecular weight is 267 g/mol. The van der Waals surface area contributed by atoms with E-state index < -0.39 is 0 Å². The van der Waals surface area contributed by atoms with E-state index in [4.69, 9.17) is 16.6 Å². The van der Waals surface area contributed by atoms with Gasteiger partial charge in [-0.05, 0) is 42.9 Å². The van der Waals surface area contributed by atoms with E-state index >= 15 is 0 Å². The maximum absolute atomic E-state index is 5.97. The summed E-state index contributed by atoms with van der Waals surface area (Å²) in [6.45, 7) is 6.72. The largest absolute Gasteiger partial charge is 0.356 e. The monoisotopic (exact) mass is 266 g/mol. The molecule has 0 saturated carbocycles. The van der Waals surface area contributed by atoms with Crippen LogP contribution in [0.5, 0.6) is 0 Å². The highest BCUT2D eigenvalue weighted by Gasteiger charge is 2.23. The highest BCUT2D eigenvalue weighted by atomic mass is 35.5. The number of anilines is 1. The van der Waals surface area contributed by atoms with Crippen LogP contribution in [0.25, 0.3) is 0 Å². The third-order valence-electron chi connectivity index (χ3n) is 3.75. The van der Waals surface area contributed by atoms with Gasteiger partial charge in [-0.2, -0.15) is 0 Å². The molecule has 0 aliphatic carbocycles. The molecule has 1 aliphatic heterocycles. The van der Waals surface area contributed by atoms with Crippen LogP contribution in [0, 0.1) is 5.92 Å². The van der Waals surface area contributed by atoms with E-state index in [1.807, 2.05) is 0 Å². The summed E-state index contributed by atoms with van der Waals surface area (Å²) in [5.74, 6) is 2.56. The van der Waals surface area contributed by atoms with Crippen molar-refractivity contribution in [2.75, 3.05) is 18.0 Å². The van der Waals surface area contributed by atoms with Gasteiger partial charge in [0, 0.05) is 24.7 Å². The zero-order valence-corrected chi connectivity index (χ0v) is 12.2. The van der Waals surface area contributed by atoms with E-state index in [0.29, 0.717) is 5.88 Å². The molecule has 3 heteroatoms. The minimum Gasteiger partial charge on any atom is -0.356 e. The van der Waals surface area contributed by atoms with Gasteiger partial charge in [0.05, 0.1) is 0 Å². The van der Waals surface area contributed by atoms with Gasteiger partial charge >= 0.3 is 0 Å². The topological polar surface area (TPSA) is 16.1 Å². The van der Waals surface area contributed by atoms with Crippen molar-refractivity contribution in [2.45, 2.75) is 45.4 Å². The van der Waals surface area contributed by atoms with Crippen molar-refractivity contribution >= 4 is 17.4 Å². The number of rotatable bonds is 5. The Kier molecular flexibility index (Phi) is 4.87. The van der Waals surface area contributed by atoms with Crippen molar-refractivity contribution in [1.29, 1.82) is 0 Å². The first kappa shape index (κ1) is 13.7. The van der Waals surface area contributed by atoms with Gasteiger partial charge in [-0.15, -0.1) is 11.6 Å². The molecule has 0 amide bonds. The van der Waals surface area contributed by atoms with E-state index in [-0.39, 0.29) is 0 Å². The Labute approximate surface area is 115 Å². The van der Waals surface area contributed by atoms with Gasteiger partial charge in [0.25, 0.3) is 0 Å². The lowest BCUT2D eigenvalue weighted by Gasteiger charge is -2.19. The van der Waals surface area contributed by atoms with E-state index in [0.717, 1.165) is 36.9 Å². The van der Waals surface area contributed by atoms with Crippen molar-refractivity contribution in [2.24, 2.45) is 5.92 Å². The number of pyridine rings is 1. The quantitative estimate of drug-likeness (QED) is 0.749. The molecule has 2 rings (SSSR count). The van der Waals surface area contributed by atoms with Gasteiger partial charge in [-0.1, -0.05) is 20.3 Å². The second-order valence-electron chi connectivity index (χ2n) is 5.20. The molecule has 0 radical (unpaired) electrons. The Bertz CT molecular complexity index is 370. The maximum Gasteiger partial charge on any atom is 0.129 e. The van der Waals surface area contributed by atoms with E-state index in [2.05, 4.69) is 30.9 Å². The summed E-state index contributed by atoms with van der Waals surface area (Å²) in [4.78, 5) is 7.17. The maximum atomic E-state index is 5.97. The predicted octanol–water partition coefficient (Wildman–Crippen LogP) is 4.01. The first-order valence-corrected chi connectivity index (χ1v) is 7.61. The van der Waals surface area contributed by atoms with Crippen molar-refractivity contribution in [3.8, 4) is 0 Å². The number of aromatic nitrogens is 1. The molecule has 100 valence electrons. The molecule has 1 aromatic rings. The van der Waals surface area contributed by atoms with E-state index in [9.17, 15) is 0 Å². The van der Waals surface area contributed by atoms with E-state index in [1.54, 1.807) is 0 Å². The molecule has 0 bridgehead atoms. The molecule has 0 spiro atoms. The van der Waals surface area contributed by atoms with Crippen LogP contribution in [0.3, 0.4) is 0 Å². The molecule has 1 atom stereocenters. The van der Waals surface area contributed by atoms with Crippen LogP contribution in [-0.4, -0.2) is 18.1 Å². The lowest BCUT2D eigenvalue weighted by atomic mass is 10.0. The van der Waals surface area contributed by atoms with Crippen LogP contribution in [0.15, 0.2) is 12.1 Å². The molecule has 2 nitrogen and oxygen atoms in total. The molecule has 1 fully saturated rings. The summed E-state index contributed by atoms with van der Waals surface area (Å²) in [5.41, 5.74) is 2.35. The first-order valence-electron chi connectivity index (χ1n) is 7.07. The Morgan fingerprint density at radius 2 is 2.22 bits per heavy atom. The van der Waals surface area contributed by atoms with Crippen molar-refractivity contribution in [3.63, 3.8) is 0 Å². The van der Waals surface area contributed by atoms with Crippen molar-refractivity contribution in [1.82, 2.24) is 4.98 Å². The highest BCUT2D eigenvalue weighted by Crippen LogP contribution is 2.26. The highest BCUT2D eigenvalue weighted by molar-refractivity contribution is 6.17. The lowest BCUT2D eigenvalue weighted by molar-refractivity contribution is 0.529. The number of alkyl halides is 1. The fourth-order valence-corrected chi connectivity index (χ4v) is 2.89. The van der Waals surface area contributed by atoms with Crippen molar-refractivity contribution in [3.05, 3.63) is 23.4 Å². The summed E-state index contributed by atoms with van der Waals surface area (Å²) in [6, 6.07) is 4.27. The molecular weight excluding hydrogens is 244 g/mol. The van der Waals surface area contributed by atoms with Crippen LogP contribution < -0.4 is 4.90 Å². The molecule has 0 N–H and O–H groups in total. The Hall–Kier alpha value is -0.760. The van der Waals surface area contributed by atoms with Crippen LogP contribution in [0.2, 0.25) is 0 Å². The molecule has 1 unspecified atom stereocenters. The number of hydrogen-bond donors (Lipinski definition) is 0. The summed E-state index contributed by atoms with van der Waals surface area (Å²) < 4.78 is 0. The van der Waals surface area contributed by atoms with E-state index in [1.165, 1.54) is 24.8 Å². The minimum atomic E-state index is 0.578. The molecule has 1 saturated heterocycles. The fraction of sp³-hybridized carbons (Fsp3) is 0.667. The van der Waals surface area contributed by atoms with Crippen LogP contribution in [-0.2, 0) is 12.3 Å². The summed E-state index contributed by atoms with van der Waals surface area (Å²) in [5, 5.41) is 0. The van der Waals surface area contributed by atoms with Gasteiger partial charge in [-0.25, -0.2) is 4.98 Å². The third kappa shape index (κ3) is 3.17. The van der Waals surface area contributed by atoms with Crippen molar-refractivity contribution < 1.29 is 0 Å². The fourth-order valence-electron chi connectivity index (χ4n) is 2.74. The van der Waals surface area contributed by atoms with Gasteiger partial charge in [0.1, 0.15) is 5.82 Å². The first-order chi connectivity index (χ1) is 8.76. The Balaban J connectivity index is 2.13. The average Bonchev–Trinajstić information content (AvgIpc) is 2.87. The van der Waals surface area contributed by atoms with Crippen LogP contribution in [0.4, 0.5) is 5.82 Å². The SMILES string of the molecule is CCCC1CCN(c2cc(CCl)cc(CC)n2)C1. The second kappa shape index (κ2) is 6.42. The summed E-state index contributed by atoms with van der Waals surface area (Å²) in [7, 11) is 0. The molecule has 18 heavy (non-hydrogen) atoms. The third-order valence-corrected chi connectivity index (χ3v) is 4.06. The van der Waals surface area contributed by atoms with Gasteiger partial charge in [0.2, 0.25) is 0 Å². The van der Waals surface area contributed by atoms with Gasteiger partial charge in [0.15, 0.2) is 0 Å². The van der Waals surface area contributed by atoms with Crippen LogP contribution >= 0.6 is 11.6 Å². The zero-order valence-electron chi connectivity index (χ0n) is 11.5. The molecular formula is C15H23ClN2.